The van der Waals surface area contributed by atoms with E-state index in [-0.39, 0.29) is 23.8 Å². The van der Waals surface area contributed by atoms with Crippen LogP contribution in [0.2, 0.25) is 0 Å². The molecule has 0 spiro atoms. The Balaban J connectivity index is 2.20. The van der Waals surface area contributed by atoms with E-state index in [1.165, 1.54) is 29.5 Å². The van der Waals surface area contributed by atoms with Gasteiger partial charge in [-0.3, -0.25) is 0 Å². The van der Waals surface area contributed by atoms with Crippen molar-refractivity contribution in [3.8, 4) is 5.88 Å². The van der Waals surface area contributed by atoms with Gasteiger partial charge in [-0.15, -0.1) is 0 Å². The molecule has 0 bridgehead atoms. The molecule has 0 radical (unpaired) electrons. The molecule has 2 aromatic rings. The predicted molar refractivity (Wildman–Crippen MR) is 74.3 cm³/mol. The van der Waals surface area contributed by atoms with Crippen molar-refractivity contribution in [1.29, 1.82) is 0 Å². The Bertz CT molecular complexity index is 657. The van der Waals surface area contributed by atoms with Gasteiger partial charge in [0, 0.05) is 13.2 Å². The number of alkyl halides is 3. The summed E-state index contributed by atoms with van der Waals surface area (Å²) in [5.74, 6) is 0.325. The number of furan rings is 1. The summed E-state index contributed by atoms with van der Waals surface area (Å²) in [4.78, 5) is 5.26. The maximum atomic E-state index is 12.3. The van der Waals surface area contributed by atoms with Crippen molar-refractivity contribution < 1.29 is 27.5 Å². The Kier molecular flexibility index (Phi) is 5.09. The lowest BCUT2D eigenvalue weighted by Crippen LogP contribution is -2.28. The monoisotopic (exact) mass is 329 g/mol. The zero-order valence-electron chi connectivity index (χ0n) is 12.1. The van der Waals surface area contributed by atoms with Crippen LogP contribution in [-0.2, 0) is 6.54 Å². The van der Waals surface area contributed by atoms with Crippen molar-refractivity contribution in [2.24, 2.45) is 5.16 Å². The Morgan fingerprint density at radius 3 is 2.78 bits per heavy atom. The molecule has 0 unspecified atom stereocenters. The zero-order valence-corrected chi connectivity index (χ0v) is 12.1. The van der Waals surface area contributed by atoms with Crippen molar-refractivity contribution in [2.45, 2.75) is 12.7 Å². The minimum Gasteiger partial charge on any atom is -0.467 e. The maximum Gasteiger partial charge on any atom is 0.422 e. The van der Waals surface area contributed by atoms with Crippen LogP contribution in [0.3, 0.4) is 0 Å². The number of aromatic nitrogens is 1. The summed E-state index contributed by atoms with van der Waals surface area (Å²) >= 11 is 0. The molecule has 9 heteroatoms. The fraction of sp³-hybridized carbons (Fsp3) is 0.286. The Labute approximate surface area is 129 Å². The molecule has 0 saturated heterocycles. The van der Waals surface area contributed by atoms with E-state index in [0.717, 1.165) is 0 Å². The molecule has 6 nitrogen and oxygen atoms in total. The van der Waals surface area contributed by atoms with Gasteiger partial charge in [0.2, 0.25) is 5.88 Å². The summed E-state index contributed by atoms with van der Waals surface area (Å²) in [5, 5.41) is 12.4. The SMILES string of the molecule is CN(Cc1ccco1)/C(=N\O)c1cccnc1OCC(F)(F)F. The molecule has 2 aromatic heterocycles. The van der Waals surface area contributed by atoms with Gasteiger partial charge in [0.25, 0.3) is 0 Å². The topological polar surface area (TPSA) is 71.1 Å². The van der Waals surface area contributed by atoms with Gasteiger partial charge in [0.15, 0.2) is 12.4 Å². The lowest BCUT2D eigenvalue weighted by molar-refractivity contribution is -0.154. The second-order valence-corrected chi connectivity index (χ2v) is 4.62. The van der Waals surface area contributed by atoms with E-state index in [9.17, 15) is 18.4 Å². The average Bonchev–Trinajstić information content (AvgIpc) is 2.99. The van der Waals surface area contributed by atoms with E-state index in [1.807, 2.05) is 0 Å². The van der Waals surface area contributed by atoms with Crippen molar-refractivity contribution >= 4 is 5.84 Å². The molecule has 2 rings (SSSR count). The first-order chi connectivity index (χ1) is 10.9. The number of pyridine rings is 1. The number of ether oxygens (including phenoxy) is 1. The number of rotatable bonds is 5. The second-order valence-electron chi connectivity index (χ2n) is 4.62. The second kappa shape index (κ2) is 7.03. The van der Waals surface area contributed by atoms with Gasteiger partial charge in [0.05, 0.1) is 18.4 Å². The van der Waals surface area contributed by atoms with E-state index in [2.05, 4.69) is 10.1 Å². The number of hydrogen-bond donors (Lipinski definition) is 1. The molecule has 0 aliphatic heterocycles. The number of halogens is 3. The van der Waals surface area contributed by atoms with E-state index >= 15 is 0 Å². The fourth-order valence-electron chi connectivity index (χ4n) is 1.87. The van der Waals surface area contributed by atoms with Crippen LogP contribution in [0.5, 0.6) is 5.88 Å². The highest BCUT2D eigenvalue weighted by molar-refractivity contribution is 6.00. The Morgan fingerprint density at radius 1 is 1.39 bits per heavy atom. The summed E-state index contributed by atoms with van der Waals surface area (Å²) < 4.78 is 46.8. The van der Waals surface area contributed by atoms with Gasteiger partial charge in [-0.1, -0.05) is 5.16 Å². The number of oxime groups is 1. The first kappa shape index (κ1) is 16.7. The van der Waals surface area contributed by atoms with Crippen LogP contribution in [0.15, 0.2) is 46.3 Å². The molecule has 0 aromatic carbocycles. The van der Waals surface area contributed by atoms with Gasteiger partial charge in [-0.25, -0.2) is 4.98 Å². The van der Waals surface area contributed by atoms with Crippen molar-refractivity contribution in [3.05, 3.63) is 48.0 Å². The van der Waals surface area contributed by atoms with E-state index in [1.54, 1.807) is 19.2 Å². The molecule has 124 valence electrons. The Morgan fingerprint density at radius 2 is 2.17 bits per heavy atom. The number of nitrogens with zero attached hydrogens (tertiary/aromatic N) is 3. The summed E-state index contributed by atoms with van der Waals surface area (Å²) in [5.41, 5.74) is 0.133. The molecule has 0 aliphatic carbocycles. The molecule has 2 heterocycles. The average molecular weight is 329 g/mol. The molecule has 0 atom stereocenters. The van der Waals surface area contributed by atoms with E-state index < -0.39 is 12.8 Å². The van der Waals surface area contributed by atoms with Gasteiger partial charge in [0.1, 0.15) is 5.76 Å². The standard InChI is InChI=1S/C14H14F3N3O3/c1-20(8-10-4-3-7-22-10)12(19-21)11-5-2-6-18-13(11)23-9-14(15,16)17/h2-7,21H,8-9H2,1H3/b19-12-. The number of amidine groups is 1. The molecule has 0 fully saturated rings. The molecule has 0 aliphatic rings. The third kappa shape index (κ3) is 4.63. The highest BCUT2D eigenvalue weighted by Crippen LogP contribution is 2.22. The van der Waals surface area contributed by atoms with E-state index in [0.29, 0.717) is 5.76 Å². The van der Waals surface area contributed by atoms with Crippen LogP contribution >= 0.6 is 0 Å². The van der Waals surface area contributed by atoms with Crippen molar-refractivity contribution in [2.75, 3.05) is 13.7 Å². The van der Waals surface area contributed by atoms with Crippen LogP contribution in [0.1, 0.15) is 11.3 Å². The fourth-order valence-corrected chi connectivity index (χ4v) is 1.87. The largest absolute Gasteiger partial charge is 0.467 e. The van der Waals surface area contributed by atoms with Gasteiger partial charge in [-0.2, -0.15) is 13.2 Å². The quantitative estimate of drug-likeness (QED) is 0.395. The smallest absolute Gasteiger partial charge is 0.422 e. The van der Waals surface area contributed by atoms with Crippen LogP contribution in [0, 0.1) is 0 Å². The Hall–Kier alpha value is -2.71. The summed E-state index contributed by atoms with van der Waals surface area (Å²) in [7, 11) is 1.60. The third-order valence-corrected chi connectivity index (χ3v) is 2.81. The third-order valence-electron chi connectivity index (χ3n) is 2.81. The van der Waals surface area contributed by atoms with Crippen LogP contribution in [-0.4, -0.2) is 40.8 Å². The minimum atomic E-state index is -4.49. The molecule has 0 amide bonds. The number of hydrogen-bond acceptors (Lipinski definition) is 5. The van der Waals surface area contributed by atoms with Crippen LogP contribution in [0.4, 0.5) is 13.2 Å². The van der Waals surface area contributed by atoms with Crippen molar-refractivity contribution in [3.63, 3.8) is 0 Å². The molecular formula is C14H14F3N3O3. The first-order valence-corrected chi connectivity index (χ1v) is 6.51. The molecule has 0 saturated carbocycles. The summed E-state index contributed by atoms with van der Waals surface area (Å²) in [6, 6.07) is 6.37. The highest BCUT2D eigenvalue weighted by atomic mass is 19.4. The molecule has 23 heavy (non-hydrogen) atoms. The molecule has 1 N–H and O–H groups in total. The highest BCUT2D eigenvalue weighted by Gasteiger charge is 2.29. The van der Waals surface area contributed by atoms with E-state index in [4.69, 9.17) is 9.15 Å². The maximum absolute atomic E-state index is 12.3. The molecular weight excluding hydrogens is 315 g/mol. The van der Waals surface area contributed by atoms with Crippen molar-refractivity contribution in [1.82, 2.24) is 9.88 Å². The van der Waals surface area contributed by atoms with Gasteiger partial charge < -0.3 is 19.3 Å². The lowest BCUT2D eigenvalue weighted by Gasteiger charge is -2.20. The minimum absolute atomic E-state index is 0.00618. The van der Waals surface area contributed by atoms with Gasteiger partial charge >= 0.3 is 6.18 Å². The van der Waals surface area contributed by atoms with Crippen LogP contribution in [0.25, 0.3) is 0 Å². The zero-order chi connectivity index (χ0) is 16.9. The summed E-state index contributed by atoms with van der Waals surface area (Å²) in [6.07, 6.45) is -1.72. The van der Waals surface area contributed by atoms with Crippen LogP contribution < -0.4 is 4.74 Å². The first-order valence-electron chi connectivity index (χ1n) is 6.51. The normalized spacial score (nSPS) is 12.3. The lowest BCUT2D eigenvalue weighted by atomic mass is 10.2. The predicted octanol–water partition coefficient (Wildman–Crippen LogP) is 2.88. The van der Waals surface area contributed by atoms with Gasteiger partial charge in [-0.05, 0) is 24.3 Å². The summed E-state index contributed by atoms with van der Waals surface area (Å²) in [6.45, 7) is -1.24.